The Balaban J connectivity index is 1.78. The number of carboxylic acids is 1. The van der Waals surface area contributed by atoms with Gasteiger partial charge in [0.2, 0.25) is 5.88 Å². The quantitative estimate of drug-likeness (QED) is 0.822. The highest BCUT2D eigenvalue weighted by atomic mass is 16.5. The van der Waals surface area contributed by atoms with Crippen LogP contribution in [0.1, 0.15) is 10.4 Å². The van der Waals surface area contributed by atoms with Gasteiger partial charge in [0.15, 0.2) is 0 Å². The Bertz CT molecular complexity index is 405. The minimum atomic E-state index is -0.976. The topological polar surface area (TPSA) is 71.9 Å². The van der Waals surface area contributed by atoms with E-state index >= 15 is 0 Å². The molecule has 2 rings (SSSR count). The number of morpholine rings is 1. The molecule has 1 aromatic rings. The largest absolute Gasteiger partial charge is 0.478 e. The maximum Gasteiger partial charge on any atom is 0.335 e. The van der Waals surface area contributed by atoms with Crippen LogP contribution in [-0.2, 0) is 4.74 Å². The highest BCUT2D eigenvalue weighted by Gasteiger charge is 2.10. The summed E-state index contributed by atoms with van der Waals surface area (Å²) in [4.78, 5) is 17.0. The van der Waals surface area contributed by atoms with E-state index in [0.29, 0.717) is 12.5 Å². The first-order valence-corrected chi connectivity index (χ1v) is 5.88. The molecule has 98 valence electrons. The zero-order chi connectivity index (χ0) is 12.8. The van der Waals surface area contributed by atoms with Gasteiger partial charge < -0.3 is 14.6 Å². The average Bonchev–Trinajstić information content (AvgIpc) is 2.40. The third kappa shape index (κ3) is 3.68. The molecular formula is C12H16N2O4. The summed E-state index contributed by atoms with van der Waals surface area (Å²) in [6, 6.07) is 2.87. The van der Waals surface area contributed by atoms with Gasteiger partial charge in [-0.25, -0.2) is 9.78 Å². The van der Waals surface area contributed by atoms with E-state index in [9.17, 15) is 4.79 Å². The molecule has 6 nitrogen and oxygen atoms in total. The highest BCUT2D eigenvalue weighted by molar-refractivity contribution is 5.87. The van der Waals surface area contributed by atoms with Gasteiger partial charge in [-0.15, -0.1) is 0 Å². The molecular weight excluding hydrogens is 236 g/mol. The summed E-state index contributed by atoms with van der Waals surface area (Å²) in [6.07, 6.45) is 1.44. The molecule has 1 aromatic heterocycles. The number of aromatic nitrogens is 1. The fourth-order valence-electron chi connectivity index (χ4n) is 1.73. The van der Waals surface area contributed by atoms with Crippen molar-refractivity contribution in [2.45, 2.75) is 0 Å². The Kier molecular flexibility index (Phi) is 4.49. The second-order valence-corrected chi connectivity index (χ2v) is 3.99. The van der Waals surface area contributed by atoms with Gasteiger partial charge in [0.1, 0.15) is 6.61 Å². The summed E-state index contributed by atoms with van der Waals surface area (Å²) in [5.41, 5.74) is 0.186. The van der Waals surface area contributed by atoms with E-state index in [1.54, 1.807) is 0 Å². The number of carboxylic acid groups (broad SMARTS) is 1. The smallest absolute Gasteiger partial charge is 0.335 e. The Morgan fingerprint density at radius 1 is 1.50 bits per heavy atom. The van der Waals surface area contributed by atoms with Crippen LogP contribution in [0.25, 0.3) is 0 Å². The maximum absolute atomic E-state index is 10.8. The Labute approximate surface area is 105 Å². The summed E-state index contributed by atoms with van der Waals surface area (Å²) in [5, 5.41) is 8.83. The predicted octanol–water partition coefficient (Wildman–Crippen LogP) is 0.491. The number of aromatic carboxylic acids is 1. The standard InChI is InChI=1S/C12H16N2O4/c15-12(16)10-1-2-13-11(9-10)18-8-5-14-3-6-17-7-4-14/h1-2,9H,3-8H2,(H,15,16). The molecule has 1 saturated heterocycles. The predicted molar refractivity (Wildman–Crippen MR) is 64.0 cm³/mol. The van der Waals surface area contributed by atoms with Gasteiger partial charge >= 0.3 is 5.97 Å². The van der Waals surface area contributed by atoms with Crippen molar-refractivity contribution in [2.75, 3.05) is 39.5 Å². The number of hydrogen-bond acceptors (Lipinski definition) is 5. The van der Waals surface area contributed by atoms with Crippen molar-refractivity contribution >= 4 is 5.97 Å². The van der Waals surface area contributed by atoms with Crippen LogP contribution in [0, 0.1) is 0 Å². The fraction of sp³-hybridized carbons (Fsp3) is 0.500. The van der Waals surface area contributed by atoms with E-state index in [1.807, 2.05) is 0 Å². The second kappa shape index (κ2) is 6.32. The lowest BCUT2D eigenvalue weighted by Crippen LogP contribution is -2.38. The zero-order valence-corrected chi connectivity index (χ0v) is 10.0. The molecule has 18 heavy (non-hydrogen) atoms. The van der Waals surface area contributed by atoms with Crippen LogP contribution >= 0.6 is 0 Å². The fourth-order valence-corrected chi connectivity index (χ4v) is 1.73. The van der Waals surface area contributed by atoms with Crippen molar-refractivity contribution < 1.29 is 19.4 Å². The minimum absolute atomic E-state index is 0.186. The van der Waals surface area contributed by atoms with E-state index in [-0.39, 0.29) is 5.56 Å². The lowest BCUT2D eigenvalue weighted by molar-refractivity contribution is 0.0320. The number of nitrogens with zero attached hydrogens (tertiary/aromatic N) is 2. The lowest BCUT2D eigenvalue weighted by atomic mass is 10.3. The number of rotatable bonds is 5. The summed E-state index contributed by atoms with van der Waals surface area (Å²) < 4.78 is 10.7. The van der Waals surface area contributed by atoms with Gasteiger partial charge in [-0.3, -0.25) is 4.90 Å². The van der Waals surface area contributed by atoms with Crippen LogP contribution in [0.4, 0.5) is 0 Å². The maximum atomic E-state index is 10.8. The molecule has 0 atom stereocenters. The summed E-state index contributed by atoms with van der Waals surface area (Å²) in [6.45, 7) is 4.62. The van der Waals surface area contributed by atoms with Gasteiger partial charge in [-0.05, 0) is 6.07 Å². The molecule has 1 aliphatic heterocycles. The molecule has 0 spiro atoms. The van der Waals surface area contributed by atoms with Crippen molar-refractivity contribution in [1.29, 1.82) is 0 Å². The molecule has 0 aliphatic carbocycles. The third-order valence-electron chi connectivity index (χ3n) is 2.74. The van der Waals surface area contributed by atoms with E-state index < -0.39 is 5.97 Å². The summed E-state index contributed by atoms with van der Waals surface area (Å²) in [5.74, 6) is -0.626. The molecule has 0 radical (unpaired) electrons. The number of ether oxygens (including phenoxy) is 2. The van der Waals surface area contributed by atoms with Gasteiger partial charge in [-0.1, -0.05) is 0 Å². The average molecular weight is 252 g/mol. The first kappa shape index (κ1) is 12.8. The highest BCUT2D eigenvalue weighted by Crippen LogP contribution is 2.09. The zero-order valence-electron chi connectivity index (χ0n) is 10.0. The molecule has 0 amide bonds. The minimum Gasteiger partial charge on any atom is -0.478 e. The van der Waals surface area contributed by atoms with Crippen LogP contribution in [0.15, 0.2) is 18.3 Å². The van der Waals surface area contributed by atoms with Crippen molar-refractivity contribution in [1.82, 2.24) is 9.88 Å². The molecule has 6 heteroatoms. The van der Waals surface area contributed by atoms with Gasteiger partial charge in [0.25, 0.3) is 0 Å². The Morgan fingerprint density at radius 2 is 2.28 bits per heavy atom. The van der Waals surface area contributed by atoms with Crippen LogP contribution in [0.3, 0.4) is 0 Å². The Hall–Kier alpha value is -1.66. The van der Waals surface area contributed by atoms with E-state index in [1.165, 1.54) is 18.3 Å². The first-order chi connectivity index (χ1) is 8.75. The SMILES string of the molecule is O=C(O)c1ccnc(OCCN2CCOCC2)c1. The van der Waals surface area contributed by atoms with Gasteiger partial charge in [0, 0.05) is 31.9 Å². The third-order valence-corrected chi connectivity index (χ3v) is 2.74. The van der Waals surface area contributed by atoms with Gasteiger partial charge in [-0.2, -0.15) is 0 Å². The molecule has 0 bridgehead atoms. The van der Waals surface area contributed by atoms with E-state index in [2.05, 4.69) is 9.88 Å². The molecule has 2 heterocycles. The summed E-state index contributed by atoms with van der Waals surface area (Å²) >= 11 is 0. The van der Waals surface area contributed by atoms with Crippen molar-refractivity contribution in [3.8, 4) is 5.88 Å². The number of hydrogen-bond donors (Lipinski definition) is 1. The number of pyridine rings is 1. The lowest BCUT2D eigenvalue weighted by Gasteiger charge is -2.26. The molecule has 0 unspecified atom stereocenters. The van der Waals surface area contributed by atoms with Crippen molar-refractivity contribution in [3.05, 3.63) is 23.9 Å². The van der Waals surface area contributed by atoms with Crippen molar-refractivity contribution in [2.24, 2.45) is 0 Å². The first-order valence-electron chi connectivity index (χ1n) is 5.88. The molecule has 1 N–H and O–H groups in total. The van der Waals surface area contributed by atoms with E-state index in [4.69, 9.17) is 14.6 Å². The molecule has 1 fully saturated rings. The van der Waals surface area contributed by atoms with E-state index in [0.717, 1.165) is 32.8 Å². The van der Waals surface area contributed by atoms with Crippen LogP contribution in [0.5, 0.6) is 5.88 Å². The Morgan fingerprint density at radius 3 is 3.00 bits per heavy atom. The van der Waals surface area contributed by atoms with Crippen LogP contribution in [-0.4, -0.2) is 60.4 Å². The molecule has 0 aromatic carbocycles. The summed E-state index contributed by atoms with van der Waals surface area (Å²) in [7, 11) is 0. The van der Waals surface area contributed by atoms with Crippen LogP contribution in [0.2, 0.25) is 0 Å². The molecule has 0 saturated carbocycles. The molecule has 1 aliphatic rings. The monoisotopic (exact) mass is 252 g/mol. The normalized spacial score (nSPS) is 16.4. The van der Waals surface area contributed by atoms with Crippen molar-refractivity contribution in [3.63, 3.8) is 0 Å². The van der Waals surface area contributed by atoms with Crippen LogP contribution < -0.4 is 4.74 Å². The second-order valence-electron chi connectivity index (χ2n) is 3.99. The van der Waals surface area contributed by atoms with Gasteiger partial charge in [0.05, 0.1) is 18.8 Å². The number of carbonyl (C=O) groups is 1.